The summed E-state index contributed by atoms with van der Waals surface area (Å²) in [6.45, 7) is 8.94. The molecule has 1 aromatic rings. The van der Waals surface area contributed by atoms with Gasteiger partial charge in [-0.3, -0.25) is 9.59 Å². The Kier molecular flexibility index (Phi) is 6.83. The summed E-state index contributed by atoms with van der Waals surface area (Å²) in [7, 11) is 0. The summed E-state index contributed by atoms with van der Waals surface area (Å²) in [6.07, 6.45) is -0.0225. The summed E-state index contributed by atoms with van der Waals surface area (Å²) in [5, 5.41) is 8.88. The Hall–Kier alpha value is -1.84. The number of hydrogen-bond acceptors (Lipinski definition) is 3. The van der Waals surface area contributed by atoms with Gasteiger partial charge in [0.15, 0.2) is 0 Å². The van der Waals surface area contributed by atoms with Gasteiger partial charge in [-0.1, -0.05) is 45.9 Å². The Balaban J connectivity index is 0.00000154. The zero-order valence-electron chi connectivity index (χ0n) is 12.2. The first-order valence-electron chi connectivity index (χ1n) is 6.32. The van der Waals surface area contributed by atoms with Crippen molar-refractivity contribution >= 4 is 11.9 Å². The Morgan fingerprint density at radius 2 is 1.74 bits per heavy atom. The molecule has 0 aliphatic carbocycles. The van der Waals surface area contributed by atoms with Gasteiger partial charge in [0.25, 0.3) is 0 Å². The van der Waals surface area contributed by atoms with Crippen molar-refractivity contribution in [2.45, 2.75) is 46.5 Å². The minimum Gasteiger partial charge on any atom is -0.481 e. The molecular weight excluding hydrogens is 244 g/mol. The van der Waals surface area contributed by atoms with Gasteiger partial charge in [0.2, 0.25) is 0 Å². The number of carboxylic acids is 1. The zero-order chi connectivity index (χ0) is 15.1. The van der Waals surface area contributed by atoms with Crippen LogP contribution in [0.15, 0.2) is 24.3 Å². The molecule has 0 amide bonds. The van der Waals surface area contributed by atoms with Crippen molar-refractivity contribution in [2.24, 2.45) is 0 Å². The number of para-hydroxylation sites is 1. The number of rotatable bonds is 4. The molecule has 0 heterocycles. The molecule has 0 saturated heterocycles. The maximum atomic E-state index is 11.0. The van der Waals surface area contributed by atoms with Crippen molar-refractivity contribution in [1.82, 2.24) is 0 Å². The summed E-state index contributed by atoms with van der Waals surface area (Å²) in [4.78, 5) is 21.8. The predicted octanol–water partition coefficient (Wildman–Crippen LogP) is 3.39. The van der Waals surface area contributed by atoms with Crippen LogP contribution in [0.2, 0.25) is 0 Å². The molecule has 0 radical (unpaired) electrons. The van der Waals surface area contributed by atoms with E-state index in [4.69, 9.17) is 9.84 Å². The molecule has 1 aromatic carbocycles. The van der Waals surface area contributed by atoms with Crippen molar-refractivity contribution in [2.75, 3.05) is 0 Å². The molecule has 0 aromatic heterocycles. The van der Waals surface area contributed by atoms with Crippen LogP contribution in [0.5, 0.6) is 5.75 Å². The smallest absolute Gasteiger partial charge is 0.308 e. The molecule has 0 unspecified atom stereocenters. The number of benzene rings is 1. The van der Waals surface area contributed by atoms with Crippen LogP contribution in [-0.2, 0) is 15.0 Å². The number of ether oxygens (including phenoxy) is 1. The van der Waals surface area contributed by atoms with E-state index in [0.717, 1.165) is 5.56 Å². The number of carbonyl (C=O) groups excluding carboxylic acids is 1. The van der Waals surface area contributed by atoms with Crippen LogP contribution in [0.4, 0.5) is 0 Å². The van der Waals surface area contributed by atoms with Crippen LogP contribution in [0.1, 0.15) is 46.6 Å². The third-order valence-corrected chi connectivity index (χ3v) is 2.46. The molecule has 0 atom stereocenters. The van der Waals surface area contributed by atoms with Gasteiger partial charge in [-0.15, -0.1) is 0 Å². The van der Waals surface area contributed by atoms with E-state index in [1.165, 1.54) is 6.92 Å². The number of hydrogen-bond donors (Lipinski definition) is 1. The third-order valence-electron chi connectivity index (χ3n) is 2.46. The lowest BCUT2D eigenvalue weighted by atomic mass is 9.81. The fourth-order valence-corrected chi connectivity index (χ4v) is 1.74. The van der Waals surface area contributed by atoms with E-state index in [9.17, 15) is 9.59 Å². The van der Waals surface area contributed by atoms with Gasteiger partial charge in [0.05, 0.1) is 6.42 Å². The first-order valence-corrected chi connectivity index (χ1v) is 6.32. The van der Waals surface area contributed by atoms with E-state index in [0.29, 0.717) is 5.75 Å². The highest BCUT2D eigenvalue weighted by Crippen LogP contribution is 2.34. The van der Waals surface area contributed by atoms with Gasteiger partial charge in [0, 0.05) is 17.9 Å². The lowest BCUT2D eigenvalue weighted by Gasteiger charge is -2.25. The molecule has 0 aliphatic heterocycles. The average molecular weight is 266 g/mol. The minimum absolute atomic E-state index is 0.0225. The summed E-state index contributed by atoms with van der Waals surface area (Å²) >= 11 is 0. The highest BCUT2D eigenvalue weighted by Gasteiger charge is 2.27. The normalized spacial score (nSPS) is 10.2. The Bertz CT molecular complexity index is 436. The molecule has 1 rings (SSSR count). The lowest BCUT2D eigenvalue weighted by molar-refractivity contribution is -0.138. The van der Waals surface area contributed by atoms with E-state index in [2.05, 4.69) is 0 Å². The lowest BCUT2D eigenvalue weighted by Crippen LogP contribution is -2.23. The Morgan fingerprint density at radius 3 is 2.21 bits per heavy atom. The molecule has 106 valence electrons. The maximum absolute atomic E-state index is 11.0. The second-order valence-corrected chi connectivity index (χ2v) is 4.54. The van der Waals surface area contributed by atoms with E-state index in [1.54, 1.807) is 24.3 Å². The molecule has 0 bridgehead atoms. The van der Waals surface area contributed by atoms with E-state index in [1.807, 2.05) is 27.7 Å². The molecule has 4 heteroatoms. The predicted molar refractivity (Wildman–Crippen MR) is 74.4 cm³/mol. The van der Waals surface area contributed by atoms with Crippen molar-refractivity contribution < 1.29 is 19.4 Å². The highest BCUT2D eigenvalue weighted by molar-refractivity contribution is 5.71. The van der Waals surface area contributed by atoms with Gasteiger partial charge in [-0.25, -0.2) is 0 Å². The van der Waals surface area contributed by atoms with Crippen LogP contribution in [0.25, 0.3) is 0 Å². The monoisotopic (exact) mass is 266 g/mol. The third kappa shape index (κ3) is 5.55. The zero-order valence-corrected chi connectivity index (χ0v) is 12.2. The van der Waals surface area contributed by atoms with Gasteiger partial charge >= 0.3 is 11.9 Å². The second kappa shape index (κ2) is 7.56. The molecule has 0 saturated carbocycles. The minimum atomic E-state index is -0.882. The van der Waals surface area contributed by atoms with Crippen molar-refractivity contribution in [3.8, 4) is 5.75 Å². The number of carboxylic acid groups (broad SMARTS) is 1. The Labute approximate surface area is 114 Å². The average Bonchev–Trinajstić information content (AvgIpc) is 2.29. The van der Waals surface area contributed by atoms with Gasteiger partial charge < -0.3 is 9.84 Å². The SMILES string of the molecule is CC.CC(=O)Oc1ccccc1C(C)(C)CC(=O)O. The fraction of sp³-hybridized carbons (Fsp3) is 0.467. The standard InChI is InChI=1S/C13H16O4.C2H6/c1-9(14)17-11-7-5-4-6-10(11)13(2,3)8-12(15)16;1-2/h4-7H,8H2,1-3H3,(H,15,16);1-2H3. The second-order valence-electron chi connectivity index (χ2n) is 4.54. The number of carbonyl (C=O) groups is 2. The summed E-state index contributed by atoms with van der Waals surface area (Å²) < 4.78 is 5.08. The maximum Gasteiger partial charge on any atom is 0.308 e. The van der Waals surface area contributed by atoms with Gasteiger partial charge in [-0.05, 0) is 6.07 Å². The first kappa shape index (κ1) is 17.2. The van der Waals surface area contributed by atoms with Crippen LogP contribution in [0, 0.1) is 0 Å². The largest absolute Gasteiger partial charge is 0.481 e. The van der Waals surface area contributed by atoms with Gasteiger partial charge in [0.1, 0.15) is 5.75 Å². The molecule has 4 nitrogen and oxygen atoms in total. The van der Waals surface area contributed by atoms with E-state index < -0.39 is 17.4 Å². The molecular formula is C15H22O4. The molecule has 0 spiro atoms. The summed E-state index contributed by atoms with van der Waals surface area (Å²) in [6, 6.07) is 6.99. The quantitative estimate of drug-likeness (QED) is 0.670. The van der Waals surface area contributed by atoms with Crippen LogP contribution in [-0.4, -0.2) is 17.0 Å². The molecule has 19 heavy (non-hydrogen) atoms. The van der Waals surface area contributed by atoms with Crippen LogP contribution >= 0.6 is 0 Å². The number of aliphatic carboxylic acids is 1. The Morgan fingerprint density at radius 1 is 1.21 bits per heavy atom. The van der Waals surface area contributed by atoms with Crippen molar-refractivity contribution in [3.63, 3.8) is 0 Å². The van der Waals surface area contributed by atoms with Gasteiger partial charge in [-0.2, -0.15) is 0 Å². The van der Waals surface area contributed by atoms with Crippen LogP contribution < -0.4 is 4.74 Å². The first-order chi connectivity index (χ1) is 8.83. The van der Waals surface area contributed by atoms with E-state index >= 15 is 0 Å². The fourth-order valence-electron chi connectivity index (χ4n) is 1.74. The summed E-state index contributed by atoms with van der Waals surface area (Å²) in [5.74, 6) is -0.873. The molecule has 0 aliphatic rings. The van der Waals surface area contributed by atoms with E-state index in [-0.39, 0.29) is 6.42 Å². The molecule has 1 N–H and O–H groups in total. The topological polar surface area (TPSA) is 63.6 Å². The van der Waals surface area contributed by atoms with Crippen molar-refractivity contribution in [3.05, 3.63) is 29.8 Å². The van der Waals surface area contributed by atoms with Crippen LogP contribution in [0.3, 0.4) is 0 Å². The molecule has 0 fully saturated rings. The highest BCUT2D eigenvalue weighted by atomic mass is 16.5. The van der Waals surface area contributed by atoms with Crippen molar-refractivity contribution in [1.29, 1.82) is 0 Å². The summed E-state index contributed by atoms with van der Waals surface area (Å²) in [5.41, 5.74) is 0.135. The number of esters is 1.